The van der Waals surface area contributed by atoms with E-state index in [0.717, 1.165) is 21.6 Å². The number of rotatable bonds is 4. The van der Waals surface area contributed by atoms with Gasteiger partial charge in [-0.15, -0.1) is 0 Å². The third-order valence-electron chi connectivity index (χ3n) is 4.95. The Kier molecular flexibility index (Phi) is 5.55. The Labute approximate surface area is 159 Å². The average Bonchev–Trinajstić information content (AvgIpc) is 3.00. The normalized spacial score (nSPS) is 19.4. The van der Waals surface area contributed by atoms with E-state index in [-0.39, 0.29) is 25.6 Å². The molecule has 0 radical (unpaired) electrons. The van der Waals surface area contributed by atoms with Crippen LogP contribution in [0.2, 0.25) is 0 Å². The zero-order valence-electron chi connectivity index (χ0n) is 15.9. The monoisotopic (exact) mass is 395 g/mol. The van der Waals surface area contributed by atoms with Gasteiger partial charge in [-0.2, -0.15) is 4.31 Å². The van der Waals surface area contributed by atoms with Gasteiger partial charge in [-0.1, -0.05) is 17.7 Å². The van der Waals surface area contributed by atoms with Gasteiger partial charge in [-0.3, -0.25) is 9.69 Å². The smallest absolute Gasteiger partial charge is 0.416 e. The van der Waals surface area contributed by atoms with E-state index in [0.29, 0.717) is 31.1 Å². The number of cyclic esters (lactones) is 1. The van der Waals surface area contributed by atoms with Crippen LogP contribution in [0, 0.1) is 20.8 Å². The first kappa shape index (κ1) is 19.8. The molecule has 0 unspecified atom stereocenters. The van der Waals surface area contributed by atoms with E-state index in [1.165, 1.54) is 4.31 Å². The molecule has 3 rings (SSSR count). The third-order valence-corrected chi connectivity index (χ3v) is 7.16. The van der Waals surface area contributed by atoms with Crippen molar-refractivity contribution in [1.82, 2.24) is 14.1 Å². The van der Waals surface area contributed by atoms with Crippen LogP contribution >= 0.6 is 0 Å². The maximum absolute atomic E-state index is 13.1. The molecule has 0 aliphatic carbocycles. The number of nitrogens with zero attached hydrogens (tertiary/aromatic N) is 3. The van der Waals surface area contributed by atoms with Crippen molar-refractivity contribution in [3.63, 3.8) is 0 Å². The molecule has 0 N–H and O–H groups in total. The molecular formula is C18H25N3O5S. The Bertz CT molecular complexity index is 837. The van der Waals surface area contributed by atoms with Crippen LogP contribution in [-0.2, 0) is 19.6 Å². The van der Waals surface area contributed by atoms with Crippen LogP contribution in [0.25, 0.3) is 0 Å². The van der Waals surface area contributed by atoms with Crippen LogP contribution in [-0.4, -0.2) is 80.4 Å². The summed E-state index contributed by atoms with van der Waals surface area (Å²) in [7, 11) is -3.58. The van der Waals surface area contributed by atoms with Gasteiger partial charge in [0.1, 0.15) is 6.61 Å². The summed E-state index contributed by atoms with van der Waals surface area (Å²) in [5.74, 6) is -0.306. The molecule has 27 heavy (non-hydrogen) atoms. The fourth-order valence-corrected chi connectivity index (χ4v) is 5.56. The van der Waals surface area contributed by atoms with Gasteiger partial charge in [0.25, 0.3) is 0 Å². The Morgan fingerprint density at radius 3 is 2.15 bits per heavy atom. The molecule has 9 heteroatoms. The highest BCUT2D eigenvalue weighted by molar-refractivity contribution is 7.89. The fourth-order valence-electron chi connectivity index (χ4n) is 3.73. The molecule has 2 saturated heterocycles. The number of amides is 2. The van der Waals surface area contributed by atoms with E-state index >= 15 is 0 Å². The molecule has 1 aromatic rings. The maximum atomic E-state index is 13.1. The van der Waals surface area contributed by atoms with E-state index in [4.69, 9.17) is 4.74 Å². The summed E-state index contributed by atoms with van der Waals surface area (Å²) in [4.78, 5) is 27.0. The van der Waals surface area contributed by atoms with Crippen molar-refractivity contribution in [2.24, 2.45) is 0 Å². The summed E-state index contributed by atoms with van der Waals surface area (Å²) in [6.45, 7) is 7.68. The summed E-state index contributed by atoms with van der Waals surface area (Å²) >= 11 is 0. The number of benzene rings is 1. The standard InChI is InChI=1S/C18H25N3O5S/c1-13-10-14(2)17(15(3)11-13)27(24,25)20-6-4-19(5-7-20)12-16(22)21-8-9-26-18(21)23/h10-11H,4-9,12H2,1-3H3. The molecule has 148 valence electrons. The molecule has 1 aromatic carbocycles. The SMILES string of the molecule is Cc1cc(C)c(S(=O)(=O)N2CCN(CC(=O)N3CCOC3=O)CC2)c(C)c1. The number of imide groups is 1. The molecule has 0 atom stereocenters. The van der Waals surface area contributed by atoms with Crippen molar-refractivity contribution in [3.8, 4) is 0 Å². The highest BCUT2D eigenvalue weighted by Crippen LogP contribution is 2.26. The third kappa shape index (κ3) is 3.99. The number of hydrogen-bond acceptors (Lipinski definition) is 6. The summed E-state index contributed by atoms with van der Waals surface area (Å²) in [6, 6.07) is 3.76. The van der Waals surface area contributed by atoms with Gasteiger partial charge in [0, 0.05) is 26.2 Å². The van der Waals surface area contributed by atoms with Gasteiger partial charge in [0.05, 0.1) is 18.0 Å². The second-order valence-corrected chi connectivity index (χ2v) is 8.94. The van der Waals surface area contributed by atoms with Gasteiger partial charge in [-0.25, -0.2) is 18.1 Å². The molecule has 0 aromatic heterocycles. The van der Waals surface area contributed by atoms with Crippen LogP contribution in [0.5, 0.6) is 0 Å². The lowest BCUT2D eigenvalue weighted by molar-refractivity contribution is -0.129. The molecule has 2 fully saturated rings. The van der Waals surface area contributed by atoms with Gasteiger partial charge < -0.3 is 4.74 Å². The first-order chi connectivity index (χ1) is 12.7. The second kappa shape index (κ2) is 7.57. The molecule has 8 nitrogen and oxygen atoms in total. The molecule has 0 bridgehead atoms. The number of piperazine rings is 1. The summed E-state index contributed by atoms with van der Waals surface area (Å²) < 4.78 is 32.4. The summed E-state index contributed by atoms with van der Waals surface area (Å²) in [5, 5.41) is 0. The molecular weight excluding hydrogens is 370 g/mol. The van der Waals surface area contributed by atoms with Crippen molar-refractivity contribution < 1.29 is 22.7 Å². The first-order valence-electron chi connectivity index (χ1n) is 8.97. The number of ether oxygens (including phenoxy) is 1. The van der Waals surface area contributed by atoms with Gasteiger partial charge in [-0.05, 0) is 31.9 Å². The Balaban J connectivity index is 1.65. The molecule has 0 saturated carbocycles. The lowest BCUT2D eigenvalue weighted by atomic mass is 10.1. The zero-order chi connectivity index (χ0) is 19.8. The number of carbonyl (C=O) groups is 2. The van der Waals surface area contributed by atoms with E-state index in [1.54, 1.807) is 0 Å². The highest BCUT2D eigenvalue weighted by Gasteiger charge is 2.33. The first-order valence-corrected chi connectivity index (χ1v) is 10.4. The van der Waals surface area contributed by atoms with E-state index in [1.807, 2.05) is 37.8 Å². The lowest BCUT2D eigenvalue weighted by Crippen LogP contribution is -2.51. The topological polar surface area (TPSA) is 87.2 Å². The molecule has 2 amide bonds. The molecule has 2 heterocycles. The number of sulfonamides is 1. The van der Waals surface area contributed by atoms with Crippen molar-refractivity contribution in [2.45, 2.75) is 25.7 Å². The fraction of sp³-hybridized carbons (Fsp3) is 0.556. The van der Waals surface area contributed by atoms with Crippen LogP contribution in [0.3, 0.4) is 0 Å². The van der Waals surface area contributed by atoms with Crippen molar-refractivity contribution >= 4 is 22.0 Å². The Morgan fingerprint density at radius 2 is 1.63 bits per heavy atom. The average molecular weight is 395 g/mol. The van der Waals surface area contributed by atoms with E-state index < -0.39 is 16.1 Å². The van der Waals surface area contributed by atoms with Crippen LogP contribution in [0.4, 0.5) is 4.79 Å². The van der Waals surface area contributed by atoms with Gasteiger partial charge >= 0.3 is 6.09 Å². The largest absolute Gasteiger partial charge is 0.447 e. The zero-order valence-corrected chi connectivity index (χ0v) is 16.7. The van der Waals surface area contributed by atoms with Gasteiger partial charge in [0.15, 0.2) is 0 Å². The van der Waals surface area contributed by atoms with Crippen molar-refractivity contribution in [3.05, 3.63) is 28.8 Å². The van der Waals surface area contributed by atoms with Crippen LogP contribution < -0.4 is 0 Å². The predicted octanol–water partition coefficient (Wildman–Crippen LogP) is 0.897. The van der Waals surface area contributed by atoms with Crippen LogP contribution in [0.15, 0.2) is 17.0 Å². The van der Waals surface area contributed by atoms with Crippen molar-refractivity contribution in [2.75, 3.05) is 45.9 Å². The minimum Gasteiger partial charge on any atom is -0.447 e. The Hall–Kier alpha value is -1.97. The highest BCUT2D eigenvalue weighted by atomic mass is 32.2. The quantitative estimate of drug-likeness (QED) is 0.753. The summed E-state index contributed by atoms with van der Waals surface area (Å²) in [6.07, 6.45) is -0.605. The lowest BCUT2D eigenvalue weighted by Gasteiger charge is -2.34. The Morgan fingerprint density at radius 1 is 1.04 bits per heavy atom. The molecule has 2 aliphatic rings. The van der Waals surface area contributed by atoms with E-state index in [2.05, 4.69) is 0 Å². The predicted molar refractivity (Wildman–Crippen MR) is 98.9 cm³/mol. The maximum Gasteiger partial charge on any atom is 0.416 e. The number of carbonyl (C=O) groups excluding carboxylic acids is 2. The molecule has 2 aliphatic heterocycles. The minimum atomic E-state index is -3.58. The summed E-state index contributed by atoms with van der Waals surface area (Å²) in [5.41, 5.74) is 2.53. The minimum absolute atomic E-state index is 0.0889. The van der Waals surface area contributed by atoms with E-state index in [9.17, 15) is 18.0 Å². The van der Waals surface area contributed by atoms with Crippen LogP contribution in [0.1, 0.15) is 16.7 Å². The number of aryl methyl sites for hydroxylation is 3. The van der Waals surface area contributed by atoms with Gasteiger partial charge in [0.2, 0.25) is 15.9 Å². The van der Waals surface area contributed by atoms with Crippen molar-refractivity contribution in [1.29, 1.82) is 0 Å². The number of hydrogen-bond donors (Lipinski definition) is 0. The second-order valence-electron chi connectivity index (χ2n) is 7.07. The molecule has 0 spiro atoms.